The van der Waals surface area contributed by atoms with E-state index >= 15 is 0 Å². The number of nitrogens with zero attached hydrogens (tertiary/aromatic N) is 2. The first kappa shape index (κ1) is 15.9. The Morgan fingerprint density at radius 2 is 0.958 bits per heavy atom. The van der Waals surface area contributed by atoms with Gasteiger partial charge in [-0.1, -0.05) is 60.7 Å². The average Bonchev–Trinajstić information content (AvgIpc) is 2.89. The van der Waals surface area contributed by atoms with Crippen LogP contribution in [0.5, 0.6) is 0 Å². The van der Waals surface area contributed by atoms with Gasteiger partial charge in [-0.05, 0) is 35.8 Å². The fourth-order valence-electron chi connectivity index (χ4n) is 4.50. The van der Waals surface area contributed by atoms with Gasteiger partial charge in [-0.2, -0.15) is 0 Å². The van der Waals surface area contributed by atoms with Crippen LogP contribution in [-0.4, -0.2) is 36.0 Å². The summed E-state index contributed by atoms with van der Waals surface area (Å²) in [7, 11) is 0. The molecule has 2 aliphatic rings. The van der Waals surface area contributed by atoms with Crippen molar-refractivity contribution in [2.24, 2.45) is 11.8 Å². The Morgan fingerprint density at radius 1 is 0.583 bits per heavy atom. The molecule has 2 bridgehead atoms. The Bertz CT molecular complexity index is 555. The van der Waals surface area contributed by atoms with Gasteiger partial charge in [0, 0.05) is 39.3 Å². The van der Waals surface area contributed by atoms with E-state index in [-0.39, 0.29) is 0 Å². The third-order valence-electron chi connectivity index (χ3n) is 5.55. The van der Waals surface area contributed by atoms with Gasteiger partial charge in [0.1, 0.15) is 0 Å². The molecule has 2 aliphatic heterocycles. The predicted molar refractivity (Wildman–Crippen MR) is 99.7 cm³/mol. The van der Waals surface area contributed by atoms with E-state index in [0.29, 0.717) is 0 Å². The van der Waals surface area contributed by atoms with Crippen molar-refractivity contribution in [3.8, 4) is 0 Å². The molecule has 0 aliphatic carbocycles. The normalized spacial score (nSPS) is 25.3. The molecular formula is C22H28N2. The summed E-state index contributed by atoms with van der Waals surface area (Å²) in [5.41, 5.74) is 2.91. The molecule has 4 rings (SSSR count). The SMILES string of the molecule is c1ccc(CN2CC3CCC(C2)CN(Cc2ccccc2)C3)cc1. The highest BCUT2D eigenvalue weighted by atomic mass is 15.2. The number of benzene rings is 2. The van der Waals surface area contributed by atoms with Crippen molar-refractivity contribution < 1.29 is 0 Å². The summed E-state index contributed by atoms with van der Waals surface area (Å²) in [5, 5.41) is 0. The van der Waals surface area contributed by atoms with Crippen LogP contribution in [-0.2, 0) is 13.1 Å². The maximum atomic E-state index is 2.71. The molecule has 0 unspecified atom stereocenters. The zero-order valence-corrected chi connectivity index (χ0v) is 14.5. The molecule has 0 spiro atoms. The molecule has 24 heavy (non-hydrogen) atoms. The Kier molecular flexibility index (Phi) is 4.96. The third kappa shape index (κ3) is 4.06. The van der Waals surface area contributed by atoms with Crippen LogP contribution < -0.4 is 0 Å². The van der Waals surface area contributed by atoms with E-state index in [0.717, 1.165) is 24.9 Å². The number of rotatable bonds is 4. The summed E-state index contributed by atoms with van der Waals surface area (Å²) in [4.78, 5) is 5.41. The summed E-state index contributed by atoms with van der Waals surface area (Å²) in [5.74, 6) is 1.65. The van der Waals surface area contributed by atoms with Gasteiger partial charge >= 0.3 is 0 Å². The van der Waals surface area contributed by atoms with Crippen molar-refractivity contribution in [1.82, 2.24) is 9.80 Å². The number of hydrogen-bond acceptors (Lipinski definition) is 2. The minimum Gasteiger partial charge on any atom is -0.298 e. The van der Waals surface area contributed by atoms with E-state index in [1.807, 2.05) is 0 Å². The van der Waals surface area contributed by atoms with E-state index in [9.17, 15) is 0 Å². The van der Waals surface area contributed by atoms with Crippen molar-refractivity contribution in [3.63, 3.8) is 0 Å². The molecular weight excluding hydrogens is 292 g/mol. The lowest BCUT2D eigenvalue weighted by molar-refractivity contribution is 0.124. The maximum absolute atomic E-state index is 2.71. The molecule has 2 aromatic carbocycles. The molecule has 0 amide bonds. The smallest absolute Gasteiger partial charge is 0.0233 e. The Labute approximate surface area is 146 Å². The average molecular weight is 320 g/mol. The van der Waals surface area contributed by atoms with Crippen molar-refractivity contribution in [2.45, 2.75) is 25.9 Å². The van der Waals surface area contributed by atoms with E-state index in [1.165, 1.54) is 50.1 Å². The summed E-state index contributed by atoms with van der Waals surface area (Å²) < 4.78 is 0. The zero-order chi connectivity index (χ0) is 16.2. The van der Waals surface area contributed by atoms with Gasteiger partial charge < -0.3 is 0 Å². The van der Waals surface area contributed by atoms with Crippen LogP contribution in [0.25, 0.3) is 0 Å². The van der Waals surface area contributed by atoms with Crippen molar-refractivity contribution in [3.05, 3.63) is 71.8 Å². The minimum absolute atomic E-state index is 0.824. The Balaban J connectivity index is 1.40. The summed E-state index contributed by atoms with van der Waals surface area (Å²) in [6.07, 6.45) is 2.81. The van der Waals surface area contributed by atoms with E-state index in [4.69, 9.17) is 0 Å². The largest absolute Gasteiger partial charge is 0.298 e. The van der Waals surface area contributed by atoms with Gasteiger partial charge in [0.05, 0.1) is 0 Å². The first-order chi connectivity index (χ1) is 11.8. The maximum Gasteiger partial charge on any atom is 0.0233 e. The highest BCUT2D eigenvalue weighted by molar-refractivity contribution is 5.15. The van der Waals surface area contributed by atoms with Crippen LogP contribution in [0.3, 0.4) is 0 Å². The summed E-state index contributed by atoms with van der Waals surface area (Å²) in [6.45, 7) is 7.28. The Hall–Kier alpha value is -1.64. The van der Waals surface area contributed by atoms with Crippen LogP contribution in [0.2, 0.25) is 0 Å². The van der Waals surface area contributed by atoms with Crippen molar-refractivity contribution in [1.29, 1.82) is 0 Å². The van der Waals surface area contributed by atoms with E-state index < -0.39 is 0 Å². The molecule has 0 atom stereocenters. The van der Waals surface area contributed by atoms with Gasteiger partial charge in [0.25, 0.3) is 0 Å². The predicted octanol–water partition coefficient (Wildman–Crippen LogP) is 4.03. The number of fused-ring (bicyclic) bond motifs is 3. The Morgan fingerprint density at radius 3 is 1.33 bits per heavy atom. The molecule has 2 fully saturated rings. The molecule has 0 N–H and O–H groups in total. The lowest BCUT2D eigenvalue weighted by Crippen LogP contribution is -2.42. The van der Waals surface area contributed by atoms with Gasteiger partial charge in [-0.15, -0.1) is 0 Å². The fraction of sp³-hybridized carbons (Fsp3) is 0.455. The second-order valence-electron chi connectivity index (χ2n) is 7.67. The van der Waals surface area contributed by atoms with Crippen molar-refractivity contribution in [2.75, 3.05) is 26.2 Å². The van der Waals surface area contributed by atoms with E-state index in [1.54, 1.807) is 0 Å². The highest BCUT2D eigenvalue weighted by Gasteiger charge is 2.30. The molecule has 2 aromatic rings. The topological polar surface area (TPSA) is 6.48 Å². The van der Waals surface area contributed by atoms with Gasteiger partial charge in [-0.25, -0.2) is 0 Å². The fourth-order valence-corrected chi connectivity index (χ4v) is 4.50. The lowest BCUT2D eigenvalue weighted by atomic mass is 10.0. The second kappa shape index (κ2) is 7.50. The molecule has 2 saturated heterocycles. The second-order valence-corrected chi connectivity index (χ2v) is 7.67. The molecule has 2 nitrogen and oxygen atoms in total. The van der Waals surface area contributed by atoms with Crippen molar-refractivity contribution >= 4 is 0 Å². The molecule has 126 valence electrons. The molecule has 2 heteroatoms. The number of hydrogen-bond donors (Lipinski definition) is 0. The molecule has 2 heterocycles. The third-order valence-corrected chi connectivity index (χ3v) is 5.55. The van der Waals surface area contributed by atoms with Crippen LogP contribution in [0.1, 0.15) is 24.0 Å². The van der Waals surface area contributed by atoms with Crippen LogP contribution in [0, 0.1) is 11.8 Å². The van der Waals surface area contributed by atoms with Crippen LogP contribution >= 0.6 is 0 Å². The summed E-state index contributed by atoms with van der Waals surface area (Å²) >= 11 is 0. The highest BCUT2D eigenvalue weighted by Crippen LogP contribution is 2.28. The molecule has 0 aromatic heterocycles. The molecule has 0 saturated carbocycles. The molecule has 0 radical (unpaired) electrons. The monoisotopic (exact) mass is 320 g/mol. The lowest BCUT2D eigenvalue weighted by Gasteiger charge is -2.34. The van der Waals surface area contributed by atoms with Crippen LogP contribution in [0.15, 0.2) is 60.7 Å². The first-order valence-electron chi connectivity index (χ1n) is 9.38. The van der Waals surface area contributed by atoms with Gasteiger partial charge in [0.2, 0.25) is 0 Å². The quantitative estimate of drug-likeness (QED) is 0.839. The summed E-state index contributed by atoms with van der Waals surface area (Å²) in [6, 6.07) is 21.9. The minimum atomic E-state index is 0.824. The van der Waals surface area contributed by atoms with Crippen LogP contribution in [0.4, 0.5) is 0 Å². The number of likely N-dealkylation sites (tertiary alicyclic amines) is 2. The zero-order valence-electron chi connectivity index (χ0n) is 14.5. The van der Waals surface area contributed by atoms with Gasteiger partial charge in [0.15, 0.2) is 0 Å². The standard InChI is InChI=1S/C22H28N2/c1-3-7-19(8-4-1)13-23-15-21-11-12-22(16-23)18-24(17-21)14-20-9-5-2-6-10-20/h1-10,21-22H,11-18H2. The van der Waals surface area contributed by atoms with Gasteiger partial charge in [-0.3, -0.25) is 9.80 Å². The van der Waals surface area contributed by atoms with E-state index in [2.05, 4.69) is 70.5 Å². The first-order valence-corrected chi connectivity index (χ1v) is 9.38.